The number of rotatable bonds is 1. The van der Waals surface area contributed by atoms with E-state index in [-0.39, 0.29) is 11.9 Å². The van der Waals surface area contributed by atoms with Gasteiger partial charge in [0.15, 0.2) is 0 Å². The SMILES string of the molecule is Cc1ncccc1C(=O)N1CCC(N)C1. The zero-order valence-corrected chi connectivity index (χ0v) is 8.81. The van der Waals surface area contributed by atoms with E-state index in [0.29, 0.717) is 12.1 Å². The maximum Gasteiger partial charge on any atom is 0.255 e. The smallest absolute Gasteiger partial charge is 0.255 e. The highest BCUT2D eigenvalue weighted by Gasteiger charge is 2.25. The first-order valence-corrected chi connectivity index (χ1v) is 5.15. The molecule has 1 aromatic heterocycles. The van der Waals surface area contributed by atoms with Crippen LogP contribution in [0.5, 0.6) is 0 Å². The molecule has 0 bridgehead atoms. The molecule has 1 amide bonds. The minimum atomic E-state index is 0.0496. The van der Waals surface area contributed by atoms with Gasteiger partial charge in [-0.05, 0) is 25.5 Å². The number of amides is 1. The van der Waals surface area contributed by atoms with E-state index < -0.39 is 0 Å². The number of nitrogens with zero attached hydrogens (tertiary/aromatic N) is 2. The molecule has 2 heterocycles. The molecule has 1 atom stereocenters. The largest absolute Gasteiger partial charge is 0.337 e. The van der Waals surface area contributed by atoms with Crippen molar-refractivity contribution < 1.29 is 4.79 Å². The number of carbonyl (C=O) groups is 1. The molecular weight excluding hydrogens is 190 g/mol. The number of aryl methyl sites for hydroxylation is 1. The van der Waals surface area contributed by atoms with E-state index in [1.54, 1.807) is 17.2 Å². The molecule has 2 N–H and O–H groups in total. The standard InChI is InChI=1S/C11H15N3O/c1-8-10(3-2-5-13-8)11(15)14-6-4-9(12)7-14/h2-3,5,9H,4,6-7,12H2,1H3. The summed E-state index contributed by atoms with van der Waals surface area (Å²) in [5, 5.41) is 0. The van der Waals surface area contributed by atoms with Crippen LogP contribution in [0.15, 0.2) is 18.3 Å². The van der Waals surface area contributed by atoms with Crippen molar-refractivity contribution in [1.29, 1.82) is 0 Å². The second-order valence-corrected chi connectivity index (χ2v) is 3.94. The molecule has 1 saturated heterocycles. The lowest BCUT2D eigenvalue weighted by Crippen LogP contribution is -2.32. The maximum absolute atomic E-state index is 12.0. The highest BCUT2D eigenvalue weighted by atomic mass is 16.2. The molecule has 4 heteroatoms. The lowest BCUT2D eigenvalue weighted by atomic mass is 10.2. The number of likely N-dealkylation sites (tertiary alicyclic amines) is 1. The number of nitrogens with two attached hydrogens (primary N) is 1. The van der Waals surface area contributed by atoms with Crippen LogP contribution in [0.1, 0.15) is 22.5 Å². The summed E-state index contributed by atoms with van der Waals surface area (Å²) in [6.07, 6.45) is 2.59. The van der Waals surface area contributed by atoms with Crippen LogP contribution in [0, 0.1) is 6.92 Å². The van der Waals surface area contributed by atoms with Gasteiger partial charge in [0.2, 0.25) is 0 Å². The number of aromatic nitrogens is 1. The first kappa shape index (κ1) is 10.1. The first-order chi connectivity index (χ1) is 7.18. The minimum Gasteiger partial charge on any atom is -0.337 e. The number of hydrogen-bond donors (Lipinski definition) is 1. The maximum atomic E-state index is 12.0. The van der Waals surface area contributed by atoms with E-state index in [1.807, 2.05) is 13.0 Å². The highest BCUT2D eigenvalue weighted by molar-refractivity contribution is 5.95. The second kappa shape index (κ2) is 3.98. The fourth-order valence-corrected chi connectivity index (χ4v) is 1.85. The molecule has 15 heavy (non-hydrogen) atoms. The molecule has 0 aromatic carbocycles. The van der Waals surface area contributed by atoms with Crippen LogP contribution in [-0.4, -0.2) is 34.9 Å². The Morgan fingerprint density at radius 3 is 3.07 bits per heavy atom. The summed E-state index contributed by atoms with van der Waals surface area (Å²) >= 11 is 0. The van der Waals surface area contributed by atoms with E-state index in [1.165, 1.54) is 0 Å². The summed E-state index contributed by atoms with van der Waals surface area (Å²) in [5.41, 5.74) is 7.24. The molecule has 1 aromatic rings. The minimum absolute atomic E-state index is 0.0496. The Bertz CT molecular complexity index is 378. The van der Waals surface area contributed by atoms with Gasteiger partial charge >= 0.3 is 0 Å². The molecule has 4 nitrogen and oxygen atoms in total. The van der Waals surface area contributed by atoms with Crippen LogP contribution < -0.4 is 5.73 Å². The summed E-state index contributed by atoms with van der Waals surface area (Å²) in [6, 6.07) is 3.73. The van der Waals surface area contributed by atoms with Crippen molar-refractivity contribution in [3.05, 3.63) is 29.6 Å². The molecule has 80 valence electrons. The molecule has 0 aliphatic carbocycles. The van der Waals surface area contributed by atoms with Crippen LogP contribution in [0.2, 0.25) is 0 Å². The van der Waals surface area contributed by atoms with Gasteiger partial charge in [-0.15, -0.1) is 0 Å². The van der Waals surface area contributed by atoms with Crippen molar-refractivity contribution in [2.45, 2.75) is 19.4 Å². The fraction of sp³-hybridized carbons (Fsp3) is 0.455. The molecule has 1 unspecified atom stereocenters. The van der Waals surface area contributed by atoms with Crippen LogP contribution in [-0.2, 0) is 0 Å². The van der Waals surface area contributed by atoms with Gasteiger partial charge in [0.05, 0.1) is 5.56 Å². The van der Waals surface area contributed by atoms with E-state index in [0.717, 1.165) is 18.7 Å². The summed E-state index contributed by atoms with van der Waals surface area (Å²) in [6.45, 7) is 3.27. The zero-order valence-electron chi connectivity index (χ0n) is 8.81. The van der Waals surface area contributed by atoms with E-state index in [9.17, 15) is 4.79 Å². The van der Waals surface area contributed by atoms with Crippen LogP contribution >= 0.6 is 0 Å². The fourth-order valence-electron chi connectivity index (χ4n) is 1.85. The Morgan fingerprint density at radius 2 is 2.47 bits per heavy atom. The lowest BCUT2D eigenvalue weighted by Gasteiger charge is -2.16. The molecule has 1 aliphatic heterocycles. The van der Waals surface area contributed by atoms with Crippen LogP contribution in [0.3, 0.4) is 0 Å². The number of carbonyl (C=O) groups excluding carboxylic acids is 1. The summed E-state index contributed by atoms with van der Waals surface area (Å²) in [5.74, 6) is 0.0496. The van der Waals surface area contributed by atoms with Gasteiger partial charge in [-0.3, -0.25) is 9.78 Å². The molecule has 0 radical (unpaired) electrons. The van der Waals surface area contributed by atoms with Gasteiger partial charge in [-0.25, -0.2) is 0 Å². The van der Waals surface area contributed by atoms with E-state index in [4.69, 9.17) is 5.73 Å². The first-order valence-electron chi connectivity index (χ1n) is 5.15. The third-order valence-electron chi connectivity index (χ3n) is 2.75. The highest BCUT2D eigenvalue weighted by Crippen LogP contribution is 2.13. The Balaban J connectivity index is 2.18. The third-order valence-corrected chi connectivity index (χ3v) is 2.75. The van der Waals surface area contributed by atoms with Crippen molar-refractivity contribution in [3.63, 3.8) is 0 Å². The average molecular weight is 205 g/mol. The predicted octanol–water partition coefficient (Wildman–Crippen LogP) is 0.563. The molecular formula is C11H15N3O. The van der Waals surface area contributed by atoms with Crippen molar-refractivity contribution in [1.82, 2.24) is 9.88 Å². The average Bonchev–Trinajstić information content (AvgIpc) is 2.65. The van der Waals surface area contributed by atoms with Crippen molar-refractivity contribution in [3.8, 4) is 0 Å². The molecule has 1 fully saturated rings. The Hall–Kier alpha value is -1.42. The normalized spacial score (nSPS) is 20.7. The van der Waals surface area contributed by atoms with Crippen LogP contribution in [0.4, 0.5) is 0 Å². The molecule has 0 spiro atoms. The van der Waals surface area contributed by atoms with Crippen molar-refractivity contribution in [2.75, 3.05) is 13.1 Å². The topological polar surface area (TPSA) is 59.2 Å². The molecule has 2 rings (SSSR count). The van der Waals surface area contributed by atoms with Crippen molar-refractivity contribution >= 4 is 5.91 Å². The van der Waals surface area contributed by atoms with Gasteiger partial charge in [-0.2, -0.15) is 0 Å². The van der Waals surface area contributed by atoms with Crippen LogP contribution in [0.25, 0.3) is 0 Å². The monoisotopic (exact) mass is 205 g/mol. The Morgan fingerprint density at radius 1 is 1.67 bits per heavy atom. The second-order valence-electron chi connectivity index (χ2n) is 3.94. The van der Waals surface area contributed by atoms with Gasteiger partial charge < -0.3 is 10.6 Å². The van der Waals surface area contributed by atoms with Gasteiger partial charge in [0.25, 0.3) is 5.91 Å². The summed E-state index contributed by atoms with van der Waals surface area (Å²) < 4.78 is 0. The Labute approximate surface area is 89.1 Å². The molecule has 1 aliphatic rings. The molecule has 0 saturated carbocycles. The zero-order chi connectivity index (χ0) is 10.8. The Kier molecular flexibility index (Phi) is 2.68. The lowest BCUT2D eigenvalue weighted by molar-refractivity contribution is 0.0789. The number of hydrogen-bond acceptors (Lipinski definition) is 3. The summed E-state index contributed by atoms with van der Waals surface area (Å²) in [4.78, 5) is 18.0. The number of pyridine rings is 1. The van der Waals surface area contributed by atoms with Gasteiger partial charge in [0, 0.05) is 31.0 Å². The van der Waals surface area contributed by atoms with Gasteiger partial charge in [0.1, 0.15) is 0 Å². The van der Waals surface area contributed by atoms with Gasteiger partial charge in [-0.1, -0.05) is 0 Å². The summed E-state index contributed by atoms with van der Waals surface area (Å²) in [7, 11) is 0. The van der Waals surface area contributed by atoms with Crippen molar-refractivity contribution in [2.24, 2.45) is 5.73 Å². The quantitative estimate of drug-likeness (QED) is 0.729. The third kappa shape index (κ3) is 1.99. The van der Waals surface area contributed by atoms with E-state index in [2.05, 4.69) is 4.98 Å². The predicted molar refractivity (Wildman–Crippen MR) is 57.5 cm³/mol. The van der Waals surface area contributed by atoms with E-state index >= 15 is 0 Å².